The van der Waals surface area contributed by atoms with E-state index in [4.69, 9.17) is 4.74 Å². The summed E-state index contributed by atoms with van der Waals surface area (Å²) in [5.74, 6) is 0.890. The topological polar surface area (TPSA) is 54.5 Å². The van der Waals surface area contributed by atoms with E-state index in [0.29, 0.717) is 30.0 Å². The molecule has 1 saturated heterocycles. The lowest BCUT2D eigenvalue weighted by Gasteiger charge is -2.26. The van der Waals surface area contributed by atoms with E-state index in [1.54, 1.807) is 24.5 Å². The summed E-state index contributed by atoms with van der Waals surface area (Å²) in [6.45, 7) is 3.80. The normalized spacial score (nSPS) is 14.2. The third-order valence-corrected chi connectivity index (χ3v) is 5.60. The third kappa shape index (κ3) is 6.37. The molecule has 1 aromatic heterocycles. The van der Waals surface area contributed by atoms with E-state index in [0.717, 1.165) is 30.8 Å². The maximum absolute atomic E-state index is 13.0. The summed E-state index contributed by atoms with van der Waals surface area (Å²) < 4.78 is 18.7. The molecule has 0 atom stereocenters. The lowest BCUT2D eigenvalue weighted by Crippen LogP contribution is -2.37. The number of ether oxygens (including phenoxy) is 1. The van der Waals surface area contributed by atoms with Gasteiger partial charge < -0.3 is 15.0 Å². The molecule has 5 nitrogen and oxygen atoms in total. The van der Waals surface area contributed by atoms with Gasteiger partial charge in [-0.05, 0) is 85.9 Å². The number of aromatic nitrogens is 1. The van der Waals surface area contributed by atoms with Crippen LogP contribution < -0.4 is 10.1 Å². The molecule has 6 heteroatoms. The summed E-state index contributed by atoms with van der Waals surface area (Å²) >= 11 is 0. The average Bonchev–Trinajstić information content (AvgIpc) is 2.83. The van der Waals surface area contributed by atoms with E-state index >= 15 is 0 Å². The van der Waals surface area contributed by atoms with Gasteiger partial charge in [0, 0.05) is 25.5 Å². The monoisotopic (exact) mass is 433 g/mol. The number of rotatable bonds is 8. The number of halogens is 1. The predicted molar refractivity (Wildman–Crippen MR) is 123 cm³/mol. The summed E-state index contributed by atoms with van der Waals surface area (Å²) in [4.78, 5) is 19.2. The van der Waals surface area contributed by atoms with Crippen molar-refractivity contribution in [2.45, 2.75) is 25.7 Å². The molecule has 0 aliphatic carbocycles. The van der Waals surface area contributed by atoms with E-state index in [1.807, 2.05) is 30.3 Å². The predicted octanol–water partition coefficient (Wildman–Crippen LogP) is 4.82. The Morgan fingerprint density at radius 1 is 0.938 bits per heavy atom. The maximum atomic E-state index is 13.0. The molecular formula is C26H28FN3O2. The Morgan fingerprint density at radius 3 is 2.34 bits per heavy atom. The first-order valence-corrected chi connectivity index (χ1v) is 11.1. The molecule has 32 heavy (non-hydrogen) atoms. The van der Waals surface area contributed by atoms with Gasteiger partial charge in [-0.2, -0.15) is 0 Å². The number of hydrogen-bond acceptors (Lipinski definition) is 4. The van der Waals surface area contributed by atoms with E-state index in [9.17, 15) is 9.18 Å². The Hall–Kier alpha value is -3.25. The molecule has 1 aliphatic heterocycles. The van der Waals surface area contributed by atoms with Crippen molar-refractivity contribution < 1.29 is 13.9 Å². The fourth-order valence-electron chi connectivity index (χ4n) is 3.87. The summed E-state index contributed by atoms with van der Waals surface area (Å²) in [6.07, 6.45) is 7.87. The molecule has 2 heterocycles. The number of amides is 1. The van der Waals surface area contributed by atoms with Crippen LogP contribution in [0.3, 0.4) is 0 Å². The molecule has 0 unspecified atom stereocenters. The SMILES string of the molecule is O=C(NCCN1CCCCC1)c1cncc(Cc2ccc(Oc3ccc(F)cc3)cc2)c1. The number of likely N-dealkylation sites (tertiary alicyclic amines) is 1. The smallest absolute Gasteiger partial charge is 0.252 e. The van der Waals surface area contributed by atoms with Crippen molar-refractivity contribution in [3.63, 3.8) is 0 Å². The van der Waals surface area contributed by atoms with Crippen molar-refractivity contribution >= 4 is 5.91 Å². The number of hydrogen-bond donors (Lipinski definition) is 1. The van der Waals surface area contributed by atoms with E-state index in [1.165, 1.54) is 31.4 Å². The summed E-state index contributed by atoms with van der Waals surface area (Å²) in [7, 11) is 0. The van der Waals surface area contributed by atoms with Crippen molar-refractivity contribution in [3.05, 3.63) is 89.5 Å². The highest BCUT2D eigenvalue weighted by Gasteiger charge is 2.11. The molecular weight excluding hydrogens is 405 g/mol. The summed E-state index contributed by atoms with van der Waals surface area (Å²) in [5.41, 5.74) is 2.64. The van der Waals surface area contributed by atoms with Crippen LogP contribution in [0, 0.1) is 5.82 Å². The molecule has 166 valence electrons. The Balaban J connectivity index is 1.30. The molecule has 0 spiro atoms. The summed E-state index contributed by atoms with van der Waals surface area (Å²) in [5, 5.41) is 3.01. The second-order valence-corrected chi connectivity index (χ2v) is 8.12. The van der Waals surface area contributed by atoms with Crippen LogP contribution in [0.1, 0.15) is 40.7 Å². The Labute approximate surface area is 188 Å². The van der Waals surface area contributed by atoms with Crippen molar-refractivity contribution in [3.8, 4) is 11.5 Å². The minimum absolute atomic E-state index is 0.0839. The Bertz CT molecular complexity index is 1020. The van der Waals surface area contributed by atoms with Crippen molar-refractivity contribution in [1.82, 2.24) is 15.2 Å². The molecule has 0 saturated carbocycles. The minimum Gasteiger partial charge on any atom is -0.457 e. The number of benzene rings is 2. The molecule has 0 bridgehead atoms. The van der Waals surface area contributed by atoms with Crippen LogP contribution in [0.4, 0.5) is 4.39 Å². The fourth-order valence-corrected chi connectivity index (χ4v) is 3.87. The van der Waals surface area contributed by atoms with Crippen LogP contribution in [-0.4, -0.2) is 42.0 Å². The lowest BCUT2D eigenvalue weighted by molar-refractivity contribution is 0.0946. The second kappa shape index (κ2) is 10.9. The molecule has 0 radical (unpaired) electrons. The van der Waals surface area contributed by atoms with Gasteiger partial charge in [0.25, 0.3) is 5.91 Å². The highest BCUT2D eigenvalue weighted by Crippen LogP contribution is 2.22. The quantitative estimate of drug-likeness (QED) is 0.553. The highest BCUT2D eigenvalue weighted by atomic mass is 19.1. The van der Waals surface area contributed by atoms with Crippen LogP contribution in [0.25, 0.3) is 0 Å². The second-order valence-electron chi connectivity index (χ2n) is 8.12. The number of carbonyl (C=O) groups excluding carboxylic acids is 1. The van der Waals surface area contributed by atoms with Crippen molar-refractivity contribution in [2.75, 3.05) is 26.2 Å². The zero-order valence-electron chi connectivity index (χ0n) is 18.1. The number of pyridine rings is 1. The van der Waals surface area contributed by atoms with Crippen LogP contribution in [0.2, 0.25) is 0 Å². The van der Waals surface area contributed by atoms with Gasteiger partial charge in [-0.1, -0.05) is 18.6 Å². The third-order valence-electron chi connectivity index (χ3n) is 5.60. The molecule has 1 aliphatic rings. The number of nitrogens with one attached hydrogen (secondary N) is 1. The standard InChI is InChI=1S/C26H28FN3O2/c27-23-6-10-25(11-7-23)32-24-8-4-20(5-9-24)16-21-17-22(19-28-18-21)26(31)29-12-15-30-13-2-1-3-14-30/h4-11,17-19H,1-3,12-16H2,(H,29,31). The van der Waals surface area contributed by atoms with Gasteiger partial charge in [0.2, 0.25) is 0 Å². The zero-order chi connectivity index (χ0) is 22.2. The van der Waals surface area contributed by atoms with Gasteiger partial charge in [-0.25, -0.2) is 4.39 Å². The van der Waals surface area contributed by atoms with E-state index in [2.05, 4.69) is 15.2 Å². The Kier molecular flexibility index (Phi) is 7.46. The van der Waals surface area contributed by atoms with Crippen molar-refractivity contribution in [1.29, 1.82) is 0 Å². The van der Waals surface area contributed by atoms with Gasteiger partial charge in [0.1, 0.15) is 17.3 Å². The maximum Gasteiger partial charge on any atom is 0.252 e. The van der Waals surface area contributed by atoms with Gasteiger partial charge >= 0.3 is 0 Å². The average molecular weight is 434 g/mol. The first-order valence-electron chi connectivity index (χ1n) is 11.1. The molecule has 4 rings (SSSR count). The fraction of sp³-hybridized carbons (Fsp3) is 0.308. The highest BCUT2D eigenvalue weighted by molar-refractivity contribution is 5.94. The van der Waals surface area contributed by atoms with E-state index in [-0.39, 0.29) is 11.7 Å². The minimum atomic E-state index is -0.292. The van der Waals surface area contributed by atoms with Gasteiger partial charge in [0.05, 0.1) is 5.56 Å². The summed E-state index contributed by atoms with van der Waals surface area (Å²) in [6, 6.07) is 15.5. The number of piperidine rings is 1. The Morgan fingerprint density at radius 2 is 1.62 bits per heavy atom. The molecule has 1 amide bonds. The van der Waals surface area contributed by atoms with Gasteiger partial charge in [-0.15, -0.1) is 0 Å². The van der Waals surface area contributed by atoms with E-state index < -0.39 is 0 Å². The number of carbonyl (C=O) groups is 1. The van der Waals surface area contributed by atoms with Crippen LogP contribution in [0.5, 0.6) is 11.5 Å². The largest absolute Gasteiger partial charge is 0.457 e. The van der Waals surface area contributed by atoms with Gasteiger partial charge in [-0.3, -0.25) is 9.78 Å². The molecule has 3 aromatic rings. The van der Waals surface area contributed by atoms with Gasteiger partial charge in [0.15, 0.2) is 0 Å². The van der Waals surface area contributed by atoms with Crippen LogP contribution in [-0.2, 0) is 6.42 Å². The van der Waals surface area contributed by atoms with Crippen LogP contribution >= 0.6 is 0 Å². The molecule has 2 aromatic carbocycles. The van der Waals surface area contributed by atoms with Crippen molar-refractivity contribution in [2.24, 2.45) is 0 Å². The molecule has 1 N–H and O–H groups in total. The van der Waals surface area contributed by atoms with Crippen LogP contribution in [0.15, 0.2) is 67.0 Å². The first-order chi connectivity index (χ1) is 15.7. The lowest BCUT2D eigenvalue weighted by atomic mass is 10.0. The molecule has 1 fully saturated rings. The first kappa shape index (κ1) is 22.0. The zero-order valence-corrected chi connectivity index (χ0v) is 18.1. The number of nitrogens with zero attached hydrogens (tertiary/aromatic N) is 2.